The zero-order valence-corrected chi connectivity index (χ0v) is 14.4. The van der Waals surface area contributed by atoms with Crippen LogP contribution in [-0.2, 0) is 11.2 Å². The minimum atomic E-state index is 0.0799. The molecule has 1 aromatic rings. The first-order valence-corrected chi connectivity index (χ1v) is 8.70. The minimum Gasteiger partial charge on any atom is -0.490 e. The van der Waals surface area contributed by atoms with E-state index in [-0.39, 0.29) is 5.92 Å². The first-order valence-electron chi connectivity index (χ1n) is 8.70. The summed E-state index contributed by atoms with van der Waals surface area (Å²) in [6, 6.07) is 8.30. The second kappa shape index (κ2) is 7.80. The van der Waals surface area contributed by atoms with E-state index in [2.05, 4.69) is 45.0 Å². The summed E-state index contributed by atoms with van der Waals surface area (Å²) < 4.78 is 6.32. The molecule has 1 saturated carbocycles. The lowest BCUT2D eigenvalue weighted by Gasteiger charge is -2.37. The molecule has 4 unspecified atom stereocenters. The molecule has 0 amide bonds. The van der Waals surface area contributed by atoms with Crippen molar-refractivity contribution in [2.24, 2.45) is 23.7 Å². The lowest BCUT2D eigenvalue weighted by atomic mass is 9.75. The van der Waals surface area contributed by atoms with Crippen LogP contribution < -0.4 is 4.74 Å². The van der Waals surface area contributed by atoms with Crippen molar-refractivity contribution < 1.29 is 9.53 Å². The van der Waals surface area contributed by atoms with Gasteiger partial charge in [-0.15, -0.1) is 0 Å². The second-order valence-corrected chi connectivity index (χ2v) is 7.44. The summed E-state index contributed by atoms with van der Waals surface area (Å²) in [5, 5.41) is 0. The molecular weight excluding hydrogens is 272 g/mol. The van der Waals surface area contributed by atoms with Crippen LogP contribution in [0.15, 0.2) is 24.3 Å². The van der Waals surface area contributed by atoms with E-state index in [4.69, 9.17) is 4.74 Å². The first kappa shape index (κ1) is 17.1. The topological polar surface area (TPSA) is 26.3 Å². The maximum atomic E-state index is 10.7. The normalized spacial score (nSPS) is 26.7. The standard InChI is InChI=1S/C20H30O2/c1-14(2)19-10-5-15(3)12-20(19)22-18-8-6-17(7-9-18)11-16(4)13-21/h6-9,13-16,19-20H,5,10-12H2,1-4H3. The number of hydrogen-bond donors (Lipinski definition) is 0. The molecule has 1 aromatic carbocycles. The highest BCUT2D eigenvalue weighted by Crippen LogP contribution is 2.36. The van der Waals surface area contributed by atoms with Crippen molar-refractivity contribution in [3.05, 3.63) is 29.8 Å². The monoisotopic (exact) mass is 302 g/mol. The van der Waals surface area contributed by atoms with E-state index in [1.165, 1.54) is 18.4 Å². The smallest absolute Gasteiger partial charge is 0.123 e. The molecule has 0 spiro atoms. The second-order valence-electron chi connectivity index (χ2n) is 7.44. The number of ether oxygens (including phenoxy) is 1. The summed E-state index contributed by atoms with van der Waals surface area (Å²) in [6.07, 6.45) is 5.92. The van der Waals surface area contributed by atoms with Gasteiger partial charge in [-0.3, -0.25) is 0 Å². The molecule has 0 N–H and O–H groups in total. The molecule has 0 bridgehead atoms. The van der Waals surface area contributed by atoms with Gasteiger partial charge in [-0.2, -0.15) is 0 Å². The van der Waals surface area contributed by atoms with Crippen molar-refractivity contribution in [2.75, 3.05) is 0 Å². The van der Waals surface area contributed by atoms with Crippen LogP contribution in [-0.4, -0.2) is 12.4 Å². The SMILES string of the molecule is CC(C=O)Cc1ccc(OC2CC(C)CCC2C(C)C)cc1. The zero-order chi connectivity index (χ0) is 16.1. The largest absolute Gasteiger partial charge is 0.490 e. The summed E-state index contributed by atoms with van der Waals surface area (Å²) in [4.78, 5) is 10.7. The molecule has 2 nitrogen and oxygen atoms in total. The van der Waals surface area contributed by atoms with E-state index >= 15 is 0 Å². The lowest BCUT2D eigenvalue weighted by Crippen LogP contribution is -2.36. The average molecular weight is 302 g/mol. The third-order valence-corrected chi connectivity index (χ3v) is 4.96. The molecule has 0 aliphatic heterocycles. The molecule has 122 valence electrons. The minimum absolute atomic E-state index is 0.0799. The quantitative estimate of drug-likeness (QED) is 0.698. The van der Waals surface area contributed by atoms with Gasteiger partial charge in [0.2, 0.25) is 0 Å². The van der Waals surface area contributed by atoms with Crippen LogP contribution in [0.4, 0.5) is 0 Å². The van der Waals surface area contributed by atoms with Crippen LogP contribution in [0.25, 0.3) is 0 Å². The fourth-order valence-corrected chi connectivity index (χ4v) is 3.55. The highest BCUT2D eigenvalue weighted by Gasteiger charge is 2.32. The predicted molar refractivity (Wildman–Crippen MR) is 91.1 cm³/mol. The van der Waals surface area contributed by atoms with Crippen molar-refractivity contribution in [3.63, 3.8) is 0 Å². The number of aldehydes is 1. The molecule has 1 aliphatic carbocycles. The van der Waals surface area contributed by atoms with E-state index in [1.54, 1.807) is 0 Å². The Morgan fingerprint density at radius 2 is 1.86 bits per heavy atom. The van der Waals surface area contributed by atoms with Gasteiger partial charge >= 0.3 is 0 Å². The van der Waals surface area contributed by atoms with E-state index in [9.17, 15) is 4.79 Å². The van der Waals surface area contributed by atoms with Crippen molar-refractivity contribution in [1.29, 1.82) is 0 Å². The molecule has 2 rings (SSSR count). The van der Waals surface area contributed by atoms with Gasteiger partial charge in [-0.25, -0.2) is 0 Å². The Balaban J connectivity index is 2.00. The molecule has 2 heteroatoms. The van der Waals surface area contributed by atoms with Gasteiger partial charge in [-0.05, 0) is 54.7 Å². The molecule has 0 radical (unpaired) electrons. The third-order valence-electron chi connectivity index (χ3n) is 4.96. The third kappa shape index (κ3) is 4.59. The Morgan fingerprint density at radius 1 is 1.18 bits per heavy atom. The molecular formula is C20H30O2. The Kier molecular flexibility index (Phi) is 6.05. The molecule has 4 atom stereocenters. The first-order chi connectivity index (χ1) is 10.5. The Labute approximate surface area is 135 Å². The van der Waals surface area contributed by atoms with Gasteiger partial charge in [0, 0.05) is 5.92 Å². The molecule has 0 heterocycles. The van der Waals surface area contributed by atoms with Crippen molar-refractivity contribution in [1.82, 2.24) is 0 Å². The summed E-state index contributed by atoms with van der Waals surface area (Å²) in [7, 11) is 0. The van der Waals surface area contributed by atoms with Gasteiger partial charge in [-0.1, -0.05) is 46.2 Å². The van der Waals surface area contributed by atoms with Crippen LogP contribution >= 0.6 is 0 Å². The summed E-state index contributed by atoms with van der Waals surface area (Å²) in [5.74, 6) is 3.13. The Morgan fingerprint density at radius 3 is 2.45 bits per heavy atom. The summed E-state index contributed by atoms with van der Waals surface area (Å²) in [6.45, 7) is 8.90. The number of hydrogen-bond acceptors (Lipinski definition) is 2. The average Bonchev–Trinajstić information content (AvgIpc) is 2.49. The number of carbonyl (C=O) groups is 1. The molecule has 1 fully saturated rings. The zero-order valence-electron chi connectivity index (χ0n) is 14.4. The molecule has 1 aliphatic rings. The van der Waals surface area contributed by atoms with Crippen LogP contribution in [0.1, 0.15) is 52.5 Å². The van der Waals surface area contributed by atoms with Crippen molar-refractivity contribution in [3.8, 4) is 5.75 Å². The van der Waals surface area contributed by atoms with Gasteiger partial charge in [0.25, 0.3) is 0 Å². The van der Waals surface area contributed by atoms with E-state index in [0.29, 0.717) is 17.9 Å². The summed E-state index contributed by atoms with van der Waals surface area (Å²) >= 11 is 0. The molecule has 0 saturated heterocycles. The van der Waals surface area contributed by atoms with E-state index in [0.717, 1.165) is 30.8 Å². The maximum Gasteiger partial charge on any atom is 0.123 e. The molecule has 22 heavy (non-hydrogen) atoms. The van der Waals surface area contributed by atoms with Gasteiger partial charge in [0.05, 0.1) is 0 Å². The highest BCUT2D eigenvalue weighted by atomic mass is 16.5. The van der Waals surface area contributed by atoms with Crippen LogP contribution in [0.2, 0.25) is 0 Å². The Bertz CT molecular complexity index is 463. The van der Waals surface area contributed by atoms with Crippen LogP contribution in [0.5, 0.6) is 5.75 Å². The summed E-state index contributed by atoms with van der Waals surface area (Å²) in [5.41, 5.74) is 1.20. The lowest BCUT2D eigenvalue weighted by molar-refractivity contribution is -0.110. The van der Waals surface area contributed by atoms with Gasteiger partial charge in [0.15, 0.2) is 0 Å². The number of benzene rings is 1. The predicted octanol–water partition coefficient (Wildman–Crippen LogP) is 4.90. The molecule has 0 aromatic heterocycles. The van der Waals surface area contributed by atoms with Crippen molar-refractivity contribution in [2.45, 2.75) is 59.5 Å². The fraction of sp³-hybridized carbons (Fsp3) is 0.650. The number of rotatable bonds is 6. The van der Waals surface area contributed by atoms with Crippen LogP contribution in [0, 0.1) is 23.7 Å². The van der Waals surface area contributed by atoms with Crippen molar-refractivity contribution >= 4 is 6.29 Å². The fourth-order valence-electron chi connectivity index (χ4n) is 3.55. The van der Waals surface area contributed by atoms with E-state index in [1.807, 2.05) is 6.92 Å². The van der Waals surface area contributed by atoms with Crippen LogP contribution in [0.3, 0.4) is 0 Å². The van der Waals surface area contributed by atoms with E-state index < -0.39 is 0 Å². The number of carbonyl (C=O) groups excluding carboxylic acids is 1. The van der Waals surface area contributed by atoms with Gasteiger partial charge < -0.3 is 9.53 Å². The maximum absolute atomic E-state index is 10.7. The Hall–Kier alpha value is -1.31. The highest BCUT2D eigenvalue weighted by molar-refractivity contribution is 5.53. The van der Waals surface area contributed by atoms with Gasteiger partial charge in [0.1, 0.15) is 18.1 Å².